The van der Waals surface area contributed by atoms with Crippen LogP contribution in [0.4, 0.5) is 10.2 Å². The highest BCUT2D eigenvalue weighted by Gasteiger charge is 2.05. The average Bonchev–Trinajstić information content (AvgIpc) is 2.05. The normalized spacial score (nSPS) is 9.18. The topological polar surface area (TPSA) is 53.1 Å². The van der Waals surface area contributed by atoms with Crippen molar-refractivity contribution in [2.24, 2.45) is 5.73 Å². The number of guanidine groups is 1. The van der Waals surface area contributed by atoms with Crippen molar-refractivity contribution in [2.75, 3.05) is 5.12 Å². The van der Waals surface area contributed by atoms with E-state index >= 15 is 0 Å². The van der Waals surface area contributed by atoms with Gasteiger partial charge in [0.1, 0.15) is 0 Å². The second kappa shape index (κ2) is 3.01. The van der Waals surface area contributed by atoms with Gasteiger partial charge in [-0.25, -0.2) is 0 Å². The molecule has 1 aromatic carbocycles. The van der Waals surface area contributed by atoms with E-state index < -0.39 is 5.96 Å². The van der Waals surface area contributed by atoms with Gasteiger partial charge in [0.15, 0.2) is 0 Å². The van der Waals surface area contributed by atoms with Crippen LogP contribution in [0.25, 0.3) is 0 Å². The monoisotopic (exact) mass is 153 g/mol. The Morgan fingerprint density at radius 2 is 1.91 bits per heavy atom. The molecule has 0 atom stereocenters. The van der Waals surface area contributed by atoms with Crippen LogP contribution in [0.2, 0.25) is 0 Å². The van der Waals surface area contributed by atoms with Crippen LogP contribution in [0.1, 0.15) is 0 Å². The lowest BCUT2D eigenvalue weighted by Gasteiger charge is -2.09. The van der Waals surface area contributed by atoms with E-state index in [1.54, 1.807) is 18.2 Å². The van der Waals surface area contributed by atoms with E-state index in [1.165, 1.54) is 12.1 Å². The molecule has 3 nitrogen and oxygen atoms in total. The first kappa shape index (κ1) is 7.53. The number of benzene rings is 1. The highest BCUT2D eigenvalue weighted by Crippen LogP contribution is 2.11. The number of nitrogens with two attached hydrogens (primary N) is 1. The minimum absolute atomic E-state index is 0.111. The largest absolute Gasteiger partial charge is 0.368 e. The summed E-state index contributed by atoms with van der Waals surface area (Å²) < 4.78 is 12.7. The first-order chi connectivity index (χ1) is 5.22. The van der Waals surface area contributed by atoms with E-state index in [1.807, 2.05) is 0 Å². The van der Waals surface area contributed by atoms with Crippen LogP contribution in [-0.2, 0) is 0 Å². The summed E-state index contributed by atoms with van der Waals surface area (Å²) in [5.74, 6) is -0.615. The summed E-state index contributed by atoms with van der Waals surface area (Å²) in [5.41, 5.74) is 5.17. The van der Waals surface area contributed by atoms with Crippen LogP contribution in [0.5, 0.6) is 0 Å². The second-order valence-corrected chi connectivity index (χ2v) is 2.00. The summed E-state index contributed by atoms with van der Waals surface area (Å²) in [4.78, 5) is 0. The van der Waals surface area contributed by atoms with Crippen molar-refractivity contribution in [3.8, 4) is 0 Å². The molecule has 58 valence electrons. The number of para-hydroxylation sites is 1. The maximum Gasteiger partial charge on any atom is 0.222 e. The molecule has 0 fully saturated rings. The lowest BCUT2D eigenvalue weighted by molar-refractivity contribution is 0.516. The molecule has 0 saturated carbocycles. The zero-order valence-electron chi connectivity index (χ0n) is 5.79. The highest BCUT2D eigenvalue weighted by atomic mass is 19.2. The fraction of sp³-hybridized carbons (Fsp3) is 0. The molecule has 11 heavy (non-hydrogen) atoms. The number of hydrogen-bond donors (Lipinski definition) is 2. The molecule has 0 aromatic heterocycles. The molecule has 0 aliphatic carbocycles. The van der Waals surface area contributed by atoms with Crippen LogP contribution in [0, 0.1) is 5.41 Å². The van der Waals surface area contributed by atoms with Crippen molar-refractivity contribution in [1.82, 2.24) is 0 Å². The Morgan fingerprint density at radius 3 is 2.36 bits per heavy atom. The van der Waals surface area contributed by atoms with Gasteiger partial charge in [-0.1, -0.05) is 22.7 Å². The Hall–Kier alpha value is -1.58. The van der Waals surface area contributed by atoms with E-state index in [0.29, 0.717) is 0 Å². The molecule has 1 aromatic rings. The number of hydrogen-bond acceptors (Lipinski definition) is 1. The van der Waals surface area contributed by atoms with E-state index in [0.717, 1.165) is 0 Å². The van der Waals surface area contributed by atoms with E-state index in [9.17, 15) is 4.48 Å². The molecular weight excluding hydrogens is 145 g/mol. The Bertz CT molecular complexity index is 247. The van der Waals surface area contributed by atoms with Gasteiger partial charge in [0.25, 0.3) is 0 Å². The maximum absolute atomic E-state index is 12.7. The van der Waals surface area contributed by atoms with Crippen molar-refractivity contribution in [2.45, 2.75) is 0 Å². The summed E-state index contributed by atoms with van der Waals surface area (Å²) in [5, 5.41) is 6.88. The van der Waals surface area contributed by atoms with Crippen LogP contribution in [0.3, 0.4) is 0 Å². The predicted octanol–water partition coefficient (Wildman–Crippen LogP) is 1.27. The molecule has 4 heteroatoms. The van der Waals surface area contributed by atoms with Gasteiger partial charge in [-0.15, -0.1) is 5.12 Å². The minimum Gasteiger partial charge on any atom is -0.368 e. The Morgan fingerprint density at radius 1 is 1.36 bits per heavy atom. The number of anilines is 1. The molecule has 0 radical (unpaired) electrons. The summed E-state index contributed by atoms with van der Waals surface area (Å²) >= 11 is 0. The van der Waals surface area contributed by atoms with Gasteiger partial charge < -0.3 is 5.73 Å². The molecule has 1 rings (SSSR count). The highest BCUT2D eigenvalue weighted by molar-refractivity contribution is 5.89. The molecule has 0 aliphatic rings. The average molecular weight is 153 g/mol. The third-order valence-corrected chi connectivity index (χ3v) is 1.19. The van der Waals surface area contributed by atoms with Gasteiger partial charge in [0.05, 0.1) is 5.69 Å². The fourth-order valence-electron chi connectivity index (χ4n) is 0.698. The number of nitrogens with one attached hydrogen (secondary N) is 1. The summed E-state index contributed by atoms with van der Waals surface area (Å²) in [6, 6.07) is 8.16. The standard InChI is InChI=1S/C7H8FN3/c8-11(7(9)10)6-4-2-1-3-5-6/h1-5H,(H3,9,10). The van der Waals surface area contributed by atoms with Crippen molar-refractivity contribution in [3.05, 3.63) is 30.3 Å². The number of rotatable bonds is 1. The predicted molar refractivity (Wildman–Crippen MR) is 41.9 cm³/mol. The third-order valence-electron chi connectivity index (χ3n) is 1.19. The van der Waals surface area contributed by atoms with Crippen LogP contribution < -0.4 is 10.9 Å². The van der Waals surface area contributed by atoms with Gasteiger partial charge in [-0.2, -0.15) is 0 Å². The van der Waals surface area contributed by atoms with Crippen molar-refractivity contribution in [1.29, 1.82) is 5.41 Å². The molecule has 0 aliphatic heterocycles. The SMILES string of the molecule is N=C(N)N(F)c1ccccc1. The minimum atomic E-state index is -0.615. The lowest BCUT2D eigenvalue weighted by atomic mass is 10.3. The molecule has 0 unspecified atom stereocenters. The molecular formula is C7H8FN3. The second-order valence-electron chi connectivity index (χ2n) is 2.00. The third kappa shape index (κ3) is 1.67. The van der Waals surface area contributed by atoms with Gasteiger partial charge in [-0.3, -0.25) is 5.41 Å². The van der Waals surface area contributed by atoms with Crippen molar-refractivity contribution < 1.29 is 4.48 Å². The summed E-state index contributed by atoms with van der Waals surface area (Å²) in [6.07, 6.45) is 0. The number of nitrogens with zero attached hydrogens (tertiary/aromatic N) is 1. The van der Waals surface area contributed by atoms with Crippen LogP contribution in [-0.4, -0.2) is 5.96 Å². The van der Waals surface area contributed by atoms with Gasteiger partial charge in [0, 0.05) is 0 Å². The van der Waals surface area contributed by atoms with E-state index in [-0.39, 0.29) is 10.8 Å². The zero-order valence-corrected chi connectivity index (χ0v) is 5.79. The maximum atomic E-state index is 12.7. The molecule has 0 amide bonds. The molecule has 0 spiro atoms. The Kier molecular flexibility index (Phi) is 2.06. The lowest BCUT2D eigenvalue weighted by Crippen LogP contribution is -2.28. The van der Waals surface area contributed by atoms with Gasteiger partial charge >= 0.3 is 0 Å². The van der Waals surface area contributed by atoms with Crippen molar-refractivity contribution in [3.63, 3.8) is 0 Å². The summed E-state index contributed by atoms with van der Waals surface area (Å²) in [7, 11) is 0. The first-order valence-electron chi connectivity index (χ1n) is 3.07. The molecule has 3 N–H and O–H groups in total. The molecule has 0 heterocycles. The zero-order chi connectivity index (χ0) is 8.27. The van der Waals surface area contributed by atoms with Gasteiger partial charge in [0.2, 0.25) is 5.96 Å². The smallest absolute Gasteiger partial charge is 0.222 e. The first-order valence-corrected chi connectivity index (χ1v) is 3.07. The Balaban J connectivity index is 2.85. The van der Waals surface area contributed by atoms with E-state index in [4.69, 9.17) is 11.1 Å². The number of halogens is 1. The molecule has 0 bridgehead atoms. The fourth-order valence-corrected chi connectivity index (χ4v) is 0.698. The quantitative estimate of drug-likeness (QED) is 0.362. The van der Waals surface area contributed by atoms with Crippen LogP contribution >= 0.6 is 0 Å². The molecule has 0 saturated heterocycles. The van der Waals surface area contributed by atoms with Crippen LogP contribution in [0.15, 0.2) is 30.3 Å². The van der Waals surface area contributed by atoms with Gasteiger partial charge in [-0.05, 0) is 12.1 Å². The Labute approximate surface area is 63.7 Å². The summed E-state index contributed by atoms with van der Waals surface area (Å²) in [6.45, 7) is 0. The van der Waals surface area contributed by atoms with Crippen molar-refractivity contribution >= 4 is 11.6 Å². The van der Waals surface area contributed by atoms with E-state index in [2.05, 4.69) is 0 Å².